The molecular weight excluding hydrogens is 324 g/mol. The average molecular weight is 349 g/mol. The molecule has 1 aromatic carbocycles. The Bertz CT molecular complexity index is 568. The van der Waals surface area contributed by atoms with Crippen LogP contribution in [0.25, 0.3) is 10.9 Å². The normalized spacial score (nSPS) is 12.7. The third-order valence-electron chi connectivity index (χ3n) is 3.93. The summed E-state index contributed by atoms with van der Waals surface area (Å²) in [6, 6.07) is 8.94. The van der Waals surface area contributed by atoms with E-state index in [4.69, 9.17) is 0 Å². The van der Waals surface area contributed by atoms with Crippen LogP contribution >= 0.6 is 15.9 Å². The standard InChI is InChI=1S/C18H25BrN2/c1-3-4-5-6-8-14(2)21-13-15-10-11-17(19)16-9-7-12-20-18(15)16/h7,9-12,14,21H,3-6,8,13H2,1-2H3. The van der Waals surface area contributed by atoms with Gasteiger partial charge in [0.2, 0.25) is 0 Å². The molecule has 0 radical (unpaired) electrons. The number of nitrogens with zero attached hydrogens (tertiary/aromatic N) is 1. The fourth-order valence-corrected chi connectivity index (χ4v) is 3.05. The summed E-state index contributed by atoms with van der Waals surface area (Å²) < 4.78 is 1.11. The maximum atomic E-state index is 4.54. The Kier molecular flexibility index (Phi) is 6.65. The molecule has 0 aliphatic rings. The van der Waals surface area contributed by atoms with Crippen molar-refractivity contribution >= 4 is 26.8 Å². The molecule has 21 heavy (non-hydrogen) atoms. The van der Waals surface area contributed by atoms with Crippen molar-refractivity contribution in [1.29, 1.82) is 0 Å². The van der Waals surface area contributed by atoms with Gasteiger partial charge in [-0.25, -0.2) is 0 Å². The average Bonchev–Trinajstić information content (AvgIpc) is 2.51. The summed E-state index contributed by atoms with van der Waals surface area (Å²) in [4.78, 5) is 4.54. The summed E-state index contributed by atoms with van der Waals surface area (Å²) in [5.41, 5.74) is 2.37. The number of unbranched alkanes of at least 4 members (excludes halogenated alkanes) is 3. The van der Waals surface area contributed by atoms with Gasteiger partial charge in [-0.2, -0.15) is 0 Å². The number of pyridine rings is 1. The molecule has 0 aliphatic carbocycles. The fraction of sp³-hybridized carbons (Fsp3) is 0.500. The van der Waals surface area contributed by atoms with E-state index in [1.165, 1.54) is 43.1 Å². The Morgan fingerprint density at radius 2 is 2.05 bits per heavy atom. The molecule has 0 saturated heterocycles. The van der Waals surface area contributed by atoms with Crippen LogP contribution in [0.2, 0.25) is 0 Å². The van der Waals surface area contributed by atoms with E-state index in [-0.39, 0.29) is 0 Å². The molecule has 0 amide bonds. The van der Waals surface area contributed by atoms with Gasteiger partial charge in [0.05, 0.1) is 5.52 Å². The van der Waals surface area contributed by atoms with Crippen LogP contribution in [0.3, 0.4) is 0 Å². The number of rotatable bonds is 8. The number of benzene rings is 1. The Labute approximate surface area is 136 Å². The minimum atomic E-state index is 0.560. The van der Waals surface area contributed by atoms with Gasteiger partial charge in [-0.1, -0.05) is 60.7 Å². The van der Waals surface area contributed by atoms with E-state index in [2.05, 4.69) is 58.3 Å². The third kappa shape index (κ3) is 4.79. The second kappa shape index (κ2) is 8.50. The van der Waals surface area contributed by atoms with Gasteiger partial charge in [0.15, 0.2) is 0 Å². The van der Waals surface area contributed by atoms with Crippen LogP contribution in [0.15, 0.2) is 34.9 Å². The zero-order valence-corrected chi connectivity index (χ0v) is 14.6. The highest BCUT2D eigenvalue weighted by Gasteiger charge is 2.07. The van der Waals surface area contributed by atoms with Gasteiger partial charge >= 0.3 is 0 Å². The third-order valence-corrected chi connectivity index (χ3v) is 4.62. The molecule has 2 nitrogen and oxygen atoms in total. The van der Waals surface area contributed by atoms with Gasteiger partial charge in [-0.15, -0.1) is 0 Å². The summed E-state index contributed by atoms with van der Waals surface area (Å²) in [7, 11) is 0. The molecule has 0 bridgehead atoms. The van der Waals surface area contributed by atoms with Crippen molar-refractivity contribution in [3.05, 3.63) is 40.5 Å². The van der Waals surface area contributed by atoms with Crippen LogP contribution < -0.4 is 5.32 Å². The van der Waals surface area contributed by atoms with Gasteiger partial charge in [0, 0.05) is 28.6 Å². The number of fused-ring (bicyclic) bond motifs is 1. The predicted octanol–water partition coefficient (Wildman–Crippen LogP) is 5.45. The molecule has 1 heterocycles. The van der Waals surface area contributed by atoms with E-state index in [1.807, 2.05) is 12.3 Å². The largest absolute Gasteiger partial charge is 0.310 e. The topological polar surface area (TPSA) is 24.9 Å². The van der Waals surface area contributed by atoms with Crippen molar-refractivity contribution in [3.8, 4) is 0 Å². The van der Waals surface area contributed by atoms with Gasteiger partial charge in [0.25, 0.3) is 0 Å². The maximum Gasteiger partial charge on any atom is 0.0758 e. The molecule has 0 spiro atoms. The van der Waals surface area contributed by atoms with E-state index in [0.29, 0.717) is 6.04 Å². The minimum Gasteiger partial charge on any atom is -0.310 e. The fourth-order valence-electron chi connectivity index (χ4n) is 2.60. The predicted molar refractivity (Wildman–Crippen MR) is 94.5 cm³/mol. The van der Waals surface area contributed by atoms with Crippen LogP contribution in [-0.4, -0.2) is 11.0 Å². The van der Waals surface area contributed by atoms with Gasteiger partial charge in [-0.05, 0) is 31.0 Å². The molecule has 1 unspecified atom stereocenters. The quantitative estimate of drug-likeness (QED) is 0.642. The van der Waals surface area contributed by atoms with Crippen LogP contribution in [0.1, 0.15) is 51.5 Å². The summed E-state index contributed by atoms with van der Waals surface area (Å²) in [6.45, 7) is 5.42. The van der Waals surface area contributed by atoms with E-state index in [0.717, 1.165) is 16.5 Å². The lowest BCUT2D eigenvalue weighted by Crippen LogP contribution is -2.25. The van der Waals surface area contributed by atoms with Crippen LogP contribution in [0.4, 0.5) is 0 Å². The van der Waals surface area contributed by atoms with E-state index < -0.39 is 0 Å². The van der Waals surface area contributed by atoms with Gasteiger partial charge in [-0.3, -0.25) is 4.98 Å². The summed E-state index contributed by atoms with van der Waals surface area (Å²) in [6.07, 6.45) is 8.45. The lowest BCUT2D eigenvalue weighted by molar-refractivity contribution is 0.483. The molecule has 3 heteroatoms. The van der Waals surface area contributed by atoms with Crippen LogP contribution in [-0.2, 0) is 6.54 Å². The zero-order valence-electron chi connectivity index (χ0n) is 13.0. The first-order chi connectivity index (χ1) is 10.2. The molecule has 2 aromatic rings. The number of halogens is 1. The second-order valence-corrected chi connectivity index (χ2v) is 6.59. The number of aromatic nitrogens is 1. The second-order valence-electron chi connectivity index (χ2n) is 5.74. The lowest BCUT2D eigenvalue weighted by Gasteiger charge is -2.15. The number of nitrogens with one attached hydrogen (secondary N) is 1. The van der Waals surface area contributed by atoms with Gasteiger partial charge < -0.3 is 5.32 Å². The van der Waals surface area contributed by atoms with Crippen molar-refractivity contribution < 1.29 is 0 Å². The van der Waals surface area contributed by atoms with E-state index >= 15 is 0 Å². The van der Waals surface area contributed by atoms with Crippen molar-refractivity contribution in [2.24, 2.45) is 0 Å². The molecule has 0 aliphatic heterocycles. The summed E-state index contributed by atoms with van der Waals surface area (Å²) in [5.74, 6) is 0. The number of hydrogen-bond donors (Lipinski definition) is 1. The van der Waals surface area contributed by atoms with Gasteiger partial charge in [0.1, 0.15) is 0 Å². The van der Waals surface area contributed by atoms with Crippen LogP contribution in [0, 0.1) is 0 Å². The SMILES string of the molecule is CCCCCCC(C)NCc1ccc(Br)c2cccnc12. The monoisotopic (exact) mass is 348 g/mol. The smallest absolute Gasteiger partial charge is 0.0758 e. The highest BCUT2D eigenvalue weighted by molar-refractivity contribution is 9.10. The molecule has 1 aromatic heterocycles. The molecule has 1 atom stereocenters. The van der Waals surface area contributed by atoms with Crippen molar-refractivity contribution in [1.82, 2.24) is 10.3 Å². The highest BCUT2D eigenvalue weighted by Crippen LogP contribution is 2.25. The first-order valence-electron chi connectivity index (χ1n) is 7.98. The Morgan fingerprint density at radius 1 is 1.19 bits per heavy atom. The zero-order chi connectivity index (χ0) is 15.1. The molecular formula is C18H25BrN2. The molecule has 0 saturated carbocycles. The Hall–Kier alpha value is -0.930. The Morgan fingerprint density at radius 3 is 2.86 bits per heavy atom. The maximum absolute atomic E-state index is 4.54. The molecule has 0 fully saturated rings. The molecule has 2 rings (SSSR count). The Balaban J connectivity index is 1.93. The highest BCUT2D eigenvalue weighted by atomic mass is 79.9. The summed E-state index contributed by atoms with van der Waals surface area (Å²) >= 11 is 3.60. The summed E-state index contributed by atoms with van der Waals surface area (Å²) in [5, 5.41) is 4.82. The molecule has 1 N–H and O–H groups in total. The number of hydrogen-bond acceptors (Lipinski definition) is 2. The first kappa shape index (κ1) is 16.4. The minimum absolute atomic E-state index is 0.560. The van der Waals surface area contributed by atoms with E-state index in [1.54, 1.807) is 0 Å². The van der Waals surface area contributed by atoms with Crippen LogP contribution in [0.5, 0.6) is 0 Å². The lowest BCUT2D eigenvalue weighted by atomic mass is 10.1. The molecule has 114 valence electrons. The first-order valence-corrected chi connectivity index (χ1v) is 8.77. The van der Waals surface area contributed by atoms with E-state index in [9.17, 15) is 0 Å². The van der Waals surface area contributed by atoms with Crippen molar-refractivity contribution in [2.45, 2.75) is 58.5 Å². The van der Waals surface area contributed by atoms with Crippen molar-refractivity contribution in [2.75, 3.05) is 0 Å². The van der Waals surface area contributed by atoms with Crippen molar-refractivity contribution in [3.63, 3.8) is 0 Å².